The van der Waals surface area contributed by atoms with Crippen molar-refractivity contribution in [2.45, 2.75) is 50.4 Å². The molecular formula is C23H27N3O4S. The Morgan fingerprint density at radius 1 is 1.39 bits per heavy atom. The summed E-state index contributed by atoms with van der Waals surface area (Å²) in [5.41, 5.74) is 5.07. The van der Waals surface area contributed by atoms with Gasteiger partial charge in [0.05, 0.1) is 18.9 Å². The van der Waals surface area contributed by atoms with Crippen molar-refractivity contribution in [3.8, 4) is 5.75 Å². The molecule has 2 fully saturated rings. The van der Waals surface area contributed by atoms with E-state index < -0.39 is 0 Å². The Morgan fingerprint density at radius 2 is 2.16 bits per heavy atom. The first-order valence-corrected chi connectivity index (χ1v) is 10.8. The van der Waals surface area contributed by atoms with Gasteiger partial charge in [-0.3, -0.25) is 5.43 Å². The number of hydrogen-bond acceptors (Lipinski definition) is 6. The molecule has 0 radical (unpaired) electrons. The van der Waals surface area contributed by atoms with Gasteiger partial charge in [0.1, 0.15) is 18.0 Å². The van der Waals surface area contributed by atoms with E-state index >= 15 is 0 Å². The van der Waals surface area contributed by atoms with E-state index in [-0.39, 0.29) is 29.7 Å². The molecule has 0 bridgehead atoms. The molecule has 0 unspecified atom stereocenters. The molecule has 0 saturated carbocycles. The van der Waals surface area contributed by atoms with Gasteiger partial charge in [-0.05, 0) is 74.7 Å². The normalized spacial score (nSPS) is 31.7. The molecule has 3 aliphatic rings. The van der Waals surface area contributed by atoms with Crippen LogP contribution in [0.5, 0.6) is 5.75 Å². The van der Waals surface area contributed by atoms with Gasteiger partial charge in [-0.15, -0.1) is 0 Å². The summed E-state index contributed by atoms with van der Waals surface area (Å²) in [6.07, 6.45) is 6.96. The number of hydrogen-bond donors (Lipinski definition) is 2. The zero-order chi connectivity index (χ0) is 22.0. The van der Waals surface area contributed by atoms with E-state index in [1.54, 1.807) is 13.3 Å². The number of hydrazone groups is 1. The number of ether oxygens (including phenoxy) is 3. The lowest BCUT2D eigenvalue weighted by Gasteiger charge is -2.19. The first-order valence-electron chi connectivity index (χ1n) is 10.4. The van der Waals surface area contributed by atoms with Crippen LogP contribution in [0.1, 0.15) is 32.6 Å². The lowest BCUT2D eigenvalue weighted by atomic mass is 9.84. The molecule has 1 aromatic rings. The summed E-state index contributed by atoms with van der Waals surface area (Å²) in [6, 6.07) is 7.46. The van der Waals surface area contributed by atoms with Crippen LogP contribution in [0.2, 0.25) is 0 Å². The van der Waals surface area contributed by atoms with Crippen LogP contribution in [-0.2, 0) is 14.3 Å². The molecule has 8 heteroatoms. The zero-order valence-electron chi connectivity index (χ0n) is 17.7. The zero-order valence-corrected chi connectivity index (χ0v) is 18.5. The predicted molar refractivity (Wildman–Crippen MR) is 123 cm³/mol. The fourth-order valence-corrected chi connectivity index (χ4v) is 4.38. The van der Waals surface area contributed by atoms with Crippen LogP contribution in [-0.4, -0.2) is 42.2 Å². The summed E-state index contributed by atoms with van der Waals surface area (Å²) >= 11 is 5.31. The number of carbonyl (C=O) groups is 1. The third kappa shape index (κ3) is 4.80. The van der Waals surface area contributed by atoms with Crippen LogP contribution >= 0.6 is 12.2 Å². The fourth-order valence-electron chi connectivity index (χ4n) is 4.21. The minimum absolute atomic E-state index is 0.0278. The van der Waals surface area contributed by atoms with Gasteiger partial charge in [0.25, 0.3) is 0 Å². The molecule has 2 saturated heterocycles. The first kappa shape index (κ1) is 21.5. The Morgan fingerprint density at radius 3 is 2.90 bits per heavy atom. The third-order valence-electron chi connectivity index (χ3n) is 6.12. The largest absolute Gasteiger partial charge is 0.497 e. The number of nitrogens with zero attached hydrogens (tertiary/aromatic N) is 1. The standard InChI is InChI=1S/C23H27N3O4S/c1-14-18-11-6-15(5-4-12-23(2)20(30-23)19(18)29-21(14)27)13-24-26-22(31)25-16-7-9-17(28-3)10-8-16/h5,7-10,13,18-20H,1,4,6,11-12H2,2-3H3,(H2,25,26,31)/b15-5+,24-13+/t18-,19-,20-,23+/m0/s1. The number of esters is 1. The highest BCUT2D eigenvalue weighted by atomic mass is 32.1. The van der Waals surface area contributed by atoms with Crippen molar-refractivity contribution in [3.05, 3.63) is 48.1 Å². The third-order valence-corrected chi connectivity index (χ3v) is 6.32. The second kappa shape index (κ2) is 8.80. The monoisotopic (exact) mass is 441 g/mol. The van der Waals surface area contributed by atoms with E-state index in [1.165, 1.54) is 0 Å². The Labute approximate surface area is 187 Å². The Hall–Kier alpha value is -2.71. The molecule has 1 aliphatic carbocycles. The van der Waals surface area contributed by atoms with Crippen LogP contribution in [0, 0.1) is 5.92 Å². The van der Waals surface area contributed by atoms with Gasteiger partial charge >= 0.3 is 5.97 Å². The van der Waals surface area contributed by atoms with E-state index in [1.807, 2.05) is 24.3 Å². The average Bonchev–Trinajstić information content (AvgIpc) is 3.34. The molecule has 0 amide bonds. The topological polar surface area (TPSA) is 84.5 Å². The van der Waals surface area contributed by atoms with E-state index in [2.05, 4.69) is 35.4 Å². The number of methoxy groups -OCH3 is 1. The Kier molecular flexibility index (Phi) is 6.11. The van der Waals surface area contributed by atoms with Gasteiger partial charge in [-0.2, -0.15) is 5.10 Å². The molecule has 164 valence electrons. The summed E-state index contributed by atoms with van der Waals surface area (Å²) in [5.74, 6) is 0.448. The quantitative estimate of drug-likeness (QED) is 0.184. The smallest absolute Gasteiger partial charge is 0.334 e. The minimum Gasteiger partial charge on any atom is -0.497 e. The minimum atomic E-state index is -0.303. The number of anilines is 1. The highest BCUT2D eigenvalue weighted by molar-refractivity contribution is 7.80. The fraction of sp³-hybridized carbons (Fsp3) is 0.435. The number of carbonyl (C=O) groups excluding carboxylic acids is 1. The molecular weight excluding hydrogens is 414 g/mol. The van der Waals surface area contributed by atoms with E-state index in [9.17, 15) is 4.79 Å². The van der Waals surface area contributed by atoms with Crippen LogP contribution in [0.25, 0.3) is 0 Å². The summed E-state index contributed by atoms with van der Waals surface area (Å²) < 4.78 is 16.7. The van der Waals surface area contributed by atoms with Crippen molar-refractivity contribution < 1.29 is 19.0 Å². The Bertz CT molecular complexity index is 943. The van der Waals surface area contributed by atoms with Crippen LogP contribution in [0.4, 0.5) is 5.69 Å². The lowest BCUT2D eigenvalue weighted by Crippen LogP contribution is -2.29. The number of fused-ring (bicyclic) bond motifs is 3. The molecule has 31 heavy (non-hydrogen) atoms. The number of epoxide rings is 1. The maximum atomic E-state index is 12.1. The maximum absolute atomic E-state index is 12.1. The molecule has 4 atom stereocenters. The number of nitrogens with one attached hydrogen (secondary N) is 2. The highest BCUT2D eigenvalue weighted by Gasteiger charge is 2.61. The summed E-state index contributed by atoms with van der Waals surface area (Å²) in [5, 5.41) is 7.77. The number of thiocarbonyl (C=S) groups is 1. The number of benzene rings is 1. The molecule has 7 nitrogen and oxygen atoms in total. The molecule has 2 N–H and O–H groups in total. The first-order chi connectivity index (χ1) is 14.9. The van der Waals surface area contributed by atoms with Gasteiger partial charge < -0.3 is 19.5 Å². The van der Waals surface area contributed by atoms with Gasteiger partial charge in [0.15, 0.2) is 5.11 Å². The lowest BCUT2D eigenvalue weighted by molar-refractivity contribution is -0.140. The molecule has 2 heterocycles. The van der Waals surface area contributed by atoms with Gasteiger partial charge in [0.2, 0.25) is 0 Å². The van der Waals surface area contributed by atoms with E-state index in [0.717, 1.165) is 42.7 Å². The summed E-state index contributed by atoms with van der Waals surface area (Å²) in [4.78, 5) is 12.1. The second-order valence-corrected chi connectivity index (χ2v) is 8.67. The molecule has 2 aliphatic heterocycles. The SMILES string of the molecule is C=C1C(=O)O[C@H]2[C@H]1CCC(/C=N/NC(=S)Nc1ccc(OC)cc1)=C\CC[C@@]1(C)O[C@@H]21. The molecule has 1 aromatic carbocycles. The van der Waals surface area contributed by atoms with Crippen molar-refractivity contribution in [2.75, 3.05) is 12.4 Å². The van der Waals surface area contributed by atoms with Crippen molar-refractivity contribution in [2.24, 2.45) is 11.0 Å². The van der Waals surface area contributed by atoms with Crippen molar-refractivity contribution in [1.29, 1.82) is 0 Å². The number of rotatable bonds is 4. The van der Waals surface area contributed by atoms with E-state index in [0.29, 0.717) is 10.7 Å². The van der Waals surface area contributed by atoms with Gasteiger partial charge in [0, 0.05) is 17.2 Å². The predicted octanol–water partition coefficient (Wildman–Crippen LogP) is 3.72. The summed E-state index contributed by atoms with van der Waals surface area (Å²) in [7, 11) is 1.63. The van der Waals surface area contributed by atoms with Crippen LogP contribution < -0.4 is 15.5 Å². The van der Waals surface area contributed by atoms with Crippen molar-refractivity contribution in [3.63, 3.8) is 0 Å². The maximum Gasteiger partial charge on any atom is 0.334 e. The highest BCUT2D eigenvalue weighted by Crippen LogP contribution is 2.49. The summed E-state index contributed by atoms with van der Waals surface area (Å²) in [6.45, 7) is 6.03. The Balaban J connectivity index is 1.36. The molecule has 0 spiro atoms. The average molecular weight is 442 g/mol. The molecule has 0 aromatic heterocycles. The van der Waals surface area contributed by atoms with E-state index in [4.69, 9.17) is 26.4 Å². The van der Waals surface area contributed by atoms with Crippen LogP contribution in [0.3, 0.4) is 0 Å². The van der Waals surface area contributed by atoms with Crippen molar-refractivity contribution >= 4 is 35.2 Å². The number of allylic oxidation sites excluding steroid dienone is 2. The van der Waals surface area contributed by atoms with Crippen molar-refractivity contribution in [1.82, 2.24) is 5.43 Å². The van der Waals surface area contributed by atoms with Crippen LogP contribution in [0.15, 0.2) is 53.2 Å². The van der Waals surface area contributed by atoms with Gasteiger partial charge in [-0.1, -0.05) is 12.7 Å². The second-order valence-electron chi connectivity index (χ2n) is 8.26. The molecule has 4 rings (SSSR count). The van der Waals surface area contributed by atoms with Gasteiger partial charge in [-0.25, -0.2) is 4.79 Å².